The van der Waals surface area contributed by atoms with Crippen molar-refractivity contribution >= 4 is 16.5 Å². The number of alkyl halides is 1. The summed E-state index contributed by atoms with van der Waals surface area (Å²) < 4.78 is 12.4. The first-order valence-electron chi connectivity index (χ1n) is 5.83. The molecule has 14 heavy (non-hydrogen) atoms. The maximum absolute atomic E-state index is 12.4. The van der Waals surface area contributed by atoms with Gasteiger partial charge in [0.2, 0.25) is 0 Å². The first-order chi connectivity index (χ1) is 6.78. The van der Waals surface area contributed by atoms with Crippen LogP contribution in [0.1, 0.15) is 26.2 Å². The van der Waals surface area contributed by atoms with Crippen molar-refractivity contribution in [2.45, 2.75) is 38.8 Å². The predicted octanol–water partition coefficient (Wildman–Crippen LogP) is 3.42. The maximum Gasteiger partial charge on any atom is 0.110 e. The molecule has 0 saturated heterocycles. The van der Waals surface area contributed by atoms with Crippen molar-refractivity contribution in [2.75, 3.05) is 12.8 Å². The van der Waals surface area contributed by atoms with Crippen molar-refractivity contribution < 1.29 is 4.39 Å². The molecule has 0 aromatic rings. The smallest absolute Gasteiger partial charge is 0.110 e. The highest BCUT2D eigenvalue weighted by Crippen LogP contribution is 2.48. The lowest BCUT2D eigenvalue weighted by Gasteiger charge is -2.23. The quantitative estimate of drug-likeness (QED) is 0.486. The zero-order chi connectivity index (χ0) is 10.6. The molecule has 5 atom stereocenters. The van der Waals surface area contributed by atoms with E-state index in [-0.39, 0.29) is 6.67 Å². The van der Waals surface area contributed by atoms with Gasteiger partial charge < -0.3 is 0 Å². The van der Waals surface area contributed by atoms with Gasteiger partial charge in [0.15, 0.2) is 0 Å². The number of halogens is 1. The highest BCUT2D eigenvalue weighted by molar-refractivity contribution is 7.16. The molecule has 0 spiro atoms. The maximum atomic E-state index is 12.4. The van der Waals surface area contributed by atoms with Crippen LogP contribution >= 0.6 is 9.24 Å². The van der Waals surface area contributed by atoms with E-state index in [4.69, 9.17) is 0 Å². The van der Waals surface area contributed by atoms with Crippen LogP contribution in [-0.2, 0) is 0 Å². The van der Waals surface area contributed by atoms with Gasteiger partial charge >= 0.3 is 0 Å². The molecule has 1 rings (SSSR count). The number of rotatable bonds is 5. The Balaban J connectivity index is 2.62. The molecule has 0 amide bonds. The van der Waals surface area contributed by atoms with Crippen LogP contribution in [0.25, 0.3) is 0 Å². The monoisotopic (exact) mass is 215 g/mol. The van der Waals surface area contributed by atoms with E-state index in [0.717, 1.165) is 30.2 Å². The van der Waals surface area contributed by atoms with Crippen LogP contribution < -0.4 is 0 Å². The lowest BCUT2D eigenvalue weighted by molar-refractivity contribution is 0.296. The molecular formula is C11H22BFP. The lowest BCUT2D eigenvalue weighted by Crippen LogP contribution is -2.18. The van der Waals surface area contributed by atoms with Crippen LogP contribution in [-0.4, -0.2) is 20.1 Å². The average Bonchev–Trinajstić information content (AvgIpc) is 2.55. The lowest BCUT2D eigenvalue weighted by atomic mass is 9.61. The summed E-state index contributed by atoms with van der Waals surface area (Å²) in [5.74, 6) is 2.90. The van der Waals surface area contributed by atoms with E-state index in [0.29, 0.717) is 5.92 Å². The molecule has 0 bridgehead atoms. The van der Waals surface area contributed by atoms with Gasteiger partial charge in [0.05, 0.1) is 6.67 Å². The van der Waals surface area contributed by atoms with Crippen molar-refractivity contribution in [3.05, 3.63) is 0 Å². The predicted molar refractivity (Wildman–Crippen MR) is 65.9 cm³/mol. The Hall–Kier alpha value is 0.425. The minimum absolute atomic E-state index is 0.140. The van der Waals surface area contributed by atoms with E-state index >= 15 is 0 Å². The highest BCUT2D eigenvalue weighted by Gasteiger charge is 2.39. The molecule has 1 fully saturated rings. The molecule has 3 heteroatoms. The van der Waals surface area contributed by atoms with Gasteiger partial charge in [0.25, 0.3) is 0 Å². The van der Waals surface area contributed by atoms with E-state index < -0.39 is 0 Å². The van der Waals surface area contributed by atoms with Crippen molar-refractivity contribution in [2.24, 2.45) is 17.8 Å². The van der Waals surface area contributed by atoms with Gasteiger partial charge in [-0.15, -0.1) is 9.24 Å². The fourth-order valence-corrected chi connectivity index (χ4v) is 3.93. The molecule has 5 unspecified atom stereocenters. The van der Waals surface area contributed by atoms with E-state index in [1.54, 1.807) is 0 Å². The molecule has 0 N–H and O–H groups in total. The molecule has 0 aliphatic heterocycles. The Kier molecular flexibility index (Phi) is 5.45. The summed E-state index contributed by atoms with van der Waals surface area (Å²) in [5.41, 5.74) is 0. The van der Waals surface area contributed by atoms with Crippen molar-refractivity contribution in [1.29, 1.82) is 0 Å². The third kappa shape index (κ3) is 2.51. The molecular weight excluding hydrogens is 193 g/mol. The zero-order valence-electron chi connectivity index (χ0n) is 9.38. The second-order valence-corrected chi connectivity index (χ2v) is 4.91. The van der Waals surface area contributed by atoms with Crippen LogP contribution in [0.2, 0.25) is 12.6 Å². The fourth-order valence-electron chi connectivity index (χ4n) is 3.19. The Morgan fingerprint density at radius 1 is 1.43 bits per heavy atom. The normalized spacial score (nSPS) is 37.4. The van der Waals surface area contributed by atoms with Gasteiger partial charge in [-0.2, -0.15) is 0 Å². The van der Waals surface area contributed by atoms with Crippen LogP contribution in [0.5, 0.6) is 0 Å². The first kappa shape index (κ1) is 12.5. The summed E-state index contributed by atoms with van der Waals surface area (Å²) >= 11 is 0. The summed E-state index contributed by atoms with van der Waals surface area (Å²) in [4.78, 5) is 0. The second kappa shape index (κ2) is 6.11. The van der Waals surface area contributed by atoms with E-state index in [2.05, 4.69) is 30.3 Å². The molecule has 81 valence electrons. The molecule has 1 radical (unpaired) electrons. The molecule has 1 saturated carbocycles. The zero-order valence-corrected chi connectivity index (χ0v) is 10.5. The average molecular weight is 215 g/mol. The number of hydrogen-bond acceptors (Lipinski definition) is 0. The second-order valence-electron chi connectivity index (χ2n) is 4.44. The largest absolute Gasteiger partial charge is 0.251 e. The van der Waals surface area contributed by atoms with Gasteiger partial charge in [-0.3, -0.25) is 4.39 Å². The Labute approximate surface area is 90.9 Å². The molecule has 1 aliphatic rings. The summed E-state index contributed by atoms with van der Waals surface area (Å²) in [6.07, 6.45) is 4.39. The standard InChI is InChI=1S/C11H22BFP/c1-3-9-10(7-14)8(4-5-13)6-11(9)12-2/h8-11H,3-7,14H2,1-2H3. The van der Waals surface area contributed by atoms with E-state index in [9.17, 15) is 4.39 Å². The van der Waals surface area contributed by atoms with Crippen LogP contribution in [0.15, 0.2) is 0 Å². The Bertz CT molecular complexity index is 165. The summed E-state index contributed by atoms with van der Waals surface area (Å²) in [6, 6.07) is 0. The molecule has 1 aliphatic carbocycles. The Morgan fingerprint density at radius 3 is 2.57 bits per heavy atom. The molecule has 0 nitrogen and oxygen atoms in total. The van der Waals surface area contributed by atoms with Crippen LogP contribution in [0.4, 0.5) is 4.39 Å². The van der Waals surface area contributed by atoms with Gasteiger partial charge in [-0.05, 0) is 30.3 Å². The fraction of sp³-hybridized carbons (Fsp3) is 1.00. The summed E-state index contributed by atoms with van der Waals surface area (Å²) in [6.45, 7) is 4.29. The van der Waals surface area contributed by atoms with Gasteiger partial charge in [0.1, 0.15) is 7.28 Å². The topological polar surface area (TPSA) is 0 Å². The van der Waals surface area contributed by atoms with Crippen molar-refractivity contribution in [3.63, 3.8) is 0 Å². The minimum Gasteiger partial charge on any atom is -0.251 e. The van der Waals surface area contributed by atoms with Gasteiger partial charge in [-0.1, -0.05) is 32.4 Å². The first-order valence-corrected chi connectivity index (χ1v) is 6.65. The molecule has 0 aromatic heterocycles. The van der Waals surface area contributed by atoms with Crippen LogP contribution in [0, 0.1) is 17.8 Å². The SMILES string of the molecule is C[B]C1CC(CCF)C(CP)C1CC. The highest BCUT2D eigenvalue weighted by atomic mass is 31.0. The Morgan fingerprint density at radius 2 is 2.14 bits per heavy atom. The van der Waals surface area contributed by atoms with Crippen LogP contribution in [0.3, 0.4) is 0 Å². The minimum atomic E-state index is -0.140. The van der Waals surface area contributed by atoms with Gasteiger partial charge in [-0.25, -0.2) is 0 Å². The molecule has 0 heterocycles. The van der Waals surface area contributed by atoms with Gasteiger partial charge in [0, 0.05) is 0 Å². The number of hydrogen-bond donors (Lipinski definition) is 0. The molecule has 0 aromatic carbocycles. The third-order valence-electron chi connectivity index (χ3n) is 3.93. The summed E-state index contributed by atoms with van der Waals surface area (Å²) in [5, 5.41) is 0. The van der Waals surface area contributed by atoms with Crippen molar-refractivity contribution in [1.82, 2.24) is 0 Å². The summed E-state index contributed by atoms with van der Waals surface area (Å²) in [7, 11) is 5.18. The third-order valence-corrected chi connectivity index (χ3v) is 4.48. The van der Waals surface area contributed by atoms with E-state index in [1.807, 2.05) is 0 Å². The van der Waals surface area contributed by atoms with E-state index in [1.165, 1.54) is 12.8 Å². The van der Waals surface area contributed by atoms with Crippen molar-refractivity contribution in [3.8, 4) is 0 Å².